The molecule has 0 aliphatic carbocycles. The first-order valence-corrected chi connectivity index (χ1v) is 9.46. The molecule has 3 aliphatic rings. The molecule has 3 aliphatic heterocycles. The molecular formula is C22H19N3O4. The number of ketones is 1. The van der Waals surface area contributed by atoms with E-state index in [-0.39, 0.29) is 17.6 Å². The minimum absolute atomic E-state index is 0.170. The van der Waals surface area contributed by atoms with Crippen LogP contribution in [0.2, 0.25) is 0 Å². The third-order valence-corrected chi connectivity index (χ3v) is 6.04. The fourth-order valence-electron chi connectivity index (χ4n) is 4.81. The first-order valence-electron chi connectivity index (χ1n) is 9.46. The van der Waals surface area contributed by atoms with Crippen LogP contribution in [0.3, 0.4) is 0 Å². The predicted molar refractivity (Wildman–Crippen MR) is 106 cm³/mol. The van der Waals surface area contributed by atoms with Gasteiger partial charge in [-0.3, -0.25) is 19.4 Å². The minimum Gasteiger partial charge on any atom is -0.497 e. The second kappa shape index (κ2) is 6.27. The number of benzene rings is 2. The smallest absolute Gasteiger partial charge is 0.240 e. The third kappa shape index (κ3) is 2.36. The van der Waals surface area contributed by atoms with Crippen molar-refractivity contribution in [3.8, 4) is 5.75 Å². The Labute approximate surface area is 167 Å². The van der Waals surface area contributed by atoms with Gasteiger partial charge in [0.2, 0.25) is 11.8 Å². The number of imide groups is 1. The number of hydrazone groups is 1. The lowest BCUT2D eigenvalue weighted by molar-refractivity contribution is -0.129. The molecule has 0 aromatic heterocycles. The molecule has 0 N–H and O–H groups in total. The van der Waals surface area contributed by atoms with Crippen LogP contribution >= 0.6 is 0 Å². The first-order chi connectivity index (χ1) is 14.0. The fraction of sp³-hybridized carbons (Fsp3) is 0.273. The van der Waals surface area contributed by atoms with Crippen LogP contribution in [-0.4, -0.2) is 42.0 Å². The molecule has 0 unspecified atom stereocenters. The number of anilines is 1. The molecule has 5 rings (SSSR count). The Balaban J connectivity index is 1.62. The maximum Gasteiger partial charge on any atom is 0.240 e. The standard InChI is InChI=1S/C22H19N3O4/c1-12(26)19-17-18(20-16-6-4-3-5-13(16)11-23-25(19)20)22(28)24(21(17)27)14-7-9-15(29-2)10-8-14/h3-11,17-20H,1-2H3/t17-,18+,19+,20-/m1/s1. The number of carbonyl (C=O) groups is 3. The van der Waals surface area contributed by atoms with Crippen molar-refractivity contribution in [3.63, 3.8) is 0 Å². The Morgan fingerprint density at radius 1 is 1.00 bits per heavy atom. The molecule has 4 atom stereocenters. The van der Waals surface area contributed by atoms with Crippen molar-refractivity contribution in [2.45, 2.75) is 19.0 Å². The highest BCUT2D eigenvalue weighted by Crippen LogP contribution is 2.52. The number of rotatable bonds is 3. The molecule has 7 heteroatoms. The van der Waals surface area contributed by atoms with Crippen LogP contribution in [-0.2, 0) is 14.4 Å². The second-order valence-electron chi connectivity index (χ2n) is 7.52. The SMILES string of the molecule is COc1ccc(N2C(=O)[C@@H]3[C@H](C2=O)[C@H]2c4ccccc4C=NN2[C@H]3C(C)=O)cc1. The van der Waals surface area contributed by atoms with Gasteiger partial charge in [0, 0.05) is 0 Å². The minimum atomic E-state index is -0.755. The van der Waals surface area contributed by atoms with Gasteiger partial charge >= 0.3 is 0 Å². The van der Waals surface area contributed by atoms with Crippen molar-refractivity contribution >= 4 is 29.5 Å². The van der Waals surface area contributed by atoms with Gasteiger partial charge in [-0.15, -0.1) is 0 Å². The number of methoxy groups -OCH3 is 1. The van der Waals surface area contributed by atoms with Crippen molar-refractivity contribution in [3.05, 3.63) is 59.7 Å². The first kappa shape index (κ1) is 17.6. The molecule has 0 saturated carbocycles. The zero-order valence-electron chi connectivity index (χ0n) is 16.0. The van der Waals surface area contributed by atoms with Crippen LogP contribution in [0.1, 0.15) is 24.1 Å². The molecule has 2 aromatic rings. The van der Waals surface area contributed by atoms with Crippen LogP contribution in [0.5, 0.6) is 5.75 Å². The second-order valence-corrected chi connectivity index (χ2v) is 7.52. The third-order valence-electron chi connectivity index (χ3n) is 6.04. The van der Waals surface area contributed by atoms with Crippen LogP contribution in [0.15, 0.2) is 53.6 Å². The Morgan fingerprint density at radius 2 is 1.69 bits per heavy atom. The summed E-state index contributed by atoms with van der Waals surface area (Å²) in [6.45, 7) is 1.45. The average molecular weight is 389 g/mol. The molecule has 2 aromatic carbocycles. The largest absolute Gasteiger partial charge is 0.497 e. The fourth-order valence-corrected chi connectivity index (χ4v) is 4.81. The van der Waals surface area contributed by atoms with Gasteiger partial charge < -0.3 is 4.74 Å². The summed E-state index contributed by atoms with van der Waals surface area (Å²) in [5.74, 6) is -1.59. The molecule has 2 saturated heterocycles. The highest BCUT2D eigenvalue weighted by molar-refractivity contribution is 6.24. The van der Waals surface area contributed by atoms with Crippen molar-refractivity contribution in [1.29, 1.82) is 0 Å². The number of hydrogen-bond acceptors (Lipinski definition) is 6. The molecule has 0 bridgehead atoms. The van der Waals surface area contributed by atoms with Crippen molar-refractivity contribution in [2.24, 2.45) is 16.9 Å². The lowest BCUT2D eigenvalue weighted by Gasteiger charge is -2.33. The van der Waals surface area contributed by atoms with E-state index in [0.29, 0.717) is 11.4 Å². The van der Waals surface area contributed by atoms with Crippen molar-refractivity contribution < 1.29 is 19.1 Å². The predicted octanol–water partition coefficient (Wildman–Crippen LogP) is 2.16. The zero-order chi connectivity index (χ0) is 20.3. The summed E-state index contributed by atoms with van der Waals surface area (Å²) in [5, 5.41) is 6.11. The molecular weight excluding hydrogens is 370 g/mol. The number of ether oxygens (including phenoxy) is 1. The number of fused-ring (bicyclic) bond motifs is 5. The molecule has 29 heavy (non-hydrogen) atoms. The molecule has 7 nitrogen and oxygen atoms in total. The van der Waals surface area contributed by atoms with E-state index >= 15 is 0 Å². The molecule has 2 amide bonds. The lowest BCUT2D eigenvalue weighted by atomic mass is 9.84. The molecule has 0 spiro atoms. The number of Topliss-reactive ketones (excluding diaryl/α,β-unsaturated/α-hetero) is 1. The van der Waals surface area contributed by atoms with Crippen LogP contribution < -0.4 is 9.64 Å². The Bertz CT molecular complexity index is 1060. The summed E-state index contributed by atoms with van der Waals surface area (Å²) in [6.07, 6.45) is 1.69. The van der Waals surface area contributed by atoms with Gasteiger partial charge in [-0.25, -0.2) is 4.90 Å². The van der Waals surface area contributed by atoms with E-state index in [2.05, 4.69) is 5.10 Å². The summed E-state index contributed by atoms with van der Waals surface area (Å²) >= 11 is 0. The van der Waals surface area contributed by atoms with Crippen LogP contribution in [0.4, 0.5) is 5.69 Å². The maximum atomic E-state index is 13.5. The summed E-state index contributed by atoms with van der Waals surface area (Å²) < 4.78 is 5.16. The Morgan fingerprint density at radius 3 is 2.38 bits per heavy atom. The quantitative estimate of drug-likeness (QED) is 0.752. The monoisotopic (exact) mass is 389 g/mol. The molecule has 146 valence electrons. The van der Waals surface area contributed by atoms with Gasteiger partial charge in [-0.1, -0.05) is 24.3 Å². The average Bonchev–Trinajstić information content (AvgIpc) is 3.21. The number of hydrogen-bond donors (Lipinski definition) is 0. The Hall–Kier alpha value is -3.48. The van der Waals surface area contributed by atoms with Gasteiger partial charge in [0.15, 0.2) is 5.78 Å². The van der Waals surface area contributed by atoms with Gasteiger partial charge in [0.25, 0.3) is 0 Å². The number of carbonyl (C=O) groups excluding carboxylic acids is 3. The summed E-state index contributed by atoms with van der Waals surface area (Å²) in [4.78, 5) is 40.6. The lowest BCUT2D eigenvalue weighted by Crippen LogP contribution is -2.43. The van der Waals surface area contributed by atoms with Gasteiger partial charge in [0.1, 0.15) is 11.8 Å². The summed E-state index contributed by atoms with van der Waals surface area (Å²) in [6, 6.07) is 13.3. The summed E-state index contributed by atoms with van der Waals surface area (Å²) in [7, 11) is 1.55. The van der Waals surface area contributed by atoms with E-state index < -0.39 is 23.9 Å². The normalized spacial score (nSPS) is 27.0. The van der Waals surface area contributed by atoms with E-state index in [1.165, 1.54) is 11.8 Å². The highest BCUT2D eigenvalue weighted by Gasteiger charge is 2.64. The topological polar surface area (TPSA) is 79.3 Å². The molecule has 3 heterocycles. The van der Waals surface area contributed by atoms with Gasteiger partial charge in [-0.05, 0) is 42.3 Å². The van der Waals surface area contributed by atoms with Gasteiger partial charge in [-0.2, -0.15) is 5.10 Å². The molecule has 0 radical (unpaired) electrons. The molecule has 2 fully saturated rings. The van der Waals surface area contributed by atoms with E-state index in [4.69, 9.17) is 4.74 Å². The van der Waals surface area contributed by atoms with E-state index in [0.717, 1.165) is 11.1 Å². The Kier molecular flexibility index (Phi) is 3.81. The maximum absolute atomic E-state index is 13.5. The van der Waals surface area contributed by atoms with Crippen molar-refractivity contribution in [2.75, 3.05) is 12.0 Å². The highest BCUT2D eigenvalue weighted by atomic mass is 16.5. The van der Waals surface area contributed by atoms with Crippen molar-refractivity contribution in [1.82, 2.24) is 5.01 Å². The van der Waals surface area contributed by atoms with E-state index in [1.54, 1.807) is 42.6 Å². The van der Waals surface area contributed by atoms with Crippen LogP contribution in [0, 0.1) is 11.8 Å². The van der Waals surface area contributed by atoms with E-state index in [9.17, 15) is 14.4 Å². The van der Waals surface area contributed by atoms with Gasteiger partial charge in [0.05, 0.1) is 36.9 Å². The number of amides is 2. The number of nitrogens with zero attached hydrogens (tertiary/aromatic N) is 3. The zero-order valence-corrected chi connectivity index (χ0v) is 16.0. The van der Waals surface area contributed by atoms with Crippen LogP contribution in [0.25, 0.3) is 0 Å². The van der Waals surface area contributed by atoms with E-state index in [1.807, 2.05) is 24.3 Å². The summed E-state index contributed by atoms with van der Waals surface area (Å²) in [5.41, 5.74) is 2.30.